The number of aromatic nitrogens is 1. The van der Waals surface area contributed by atoms with Crippen molar-refractivity contribution in [2.45, 2.75) is 45.2 Å². The maximum Gasteiger partial charge on any atom is 0.182 e. The van der Waals surface area contributed by atoms with Crippen LogP contribution in [0.3, 0.4) is 0 Å². The molecule has 0 saturated heterocycles. The first-order valence-electron chi connectivity index (χ1n) is 5.55. The first-order valence-corrected chi connectivity index (χ1v) is 5.55. The molecule has 1 heterocycles. The Labute approximate surface area is 89.9 Å². The highest BCUT2D eigenvalue weighted by atomic mass is 16.1. The molecule has 0 amide bonds. The zero-order chi connectivity index (χ0) is 11.0. The van der Waals surface area contributed by atoms with Crippen LogP contribution in [0.5, 0.6) is 0 Å². The molecule has 0 bridgehead atoms. The van der Waals surface area contributed by atoms with Gasteiger partial charge in [0.2, 0.25) is 0 Å². The predicted molar refractivity (Wildman–Crippen MR) is 61.0 cm³/mol. The molecule has 2 N–H and O–H groups in total. The van der Waals surface area contributed by atoms with Crippen molar-refractivity contribution in [3.8, 4) is 0 Å². The second-order valence-electron chi connectivity index (χ2n) is 4.51. The van der Waals surface area contributed by atoms with Crippen molar-refractivity contribution in [1.29, 1.82) is 0 Å². The SMILES string of the molecule is Cc1cc(=O)cc(C)n1C1CCCC1N. The molecule has 0 spiro atoms. The van der Waals surface area contributed by atoms with Crippen LogP contribution in [0.15, 0.2) is 16.9 Å². The van der Waals surface area contributed by atoms with E-state index in [9.17, 15) is 4.79 Å². The maximum absolute atomic E-state index is 11.3. The molecule has 2 unspecified atom stereocenters. The number of nitrogens with zero attached hydrogens (tertiary/aromatic N) is 1. The lowest BCUT2D eigenvalue weighted by atomic mass is 10.1. The summed E-state index contributed by atoms with van der Waals surface area (Å²) in [5.74, 6) is 0. The van der Waals surface area contributed by atoms with Gasteiger partial charge in [-0.2, -0.15) is 0 Å². The molecule has 1 aromatic rings. The van der Waals surface area contributed by atoms with Crippen LogP contribution < -0.4 is 11.2 Å². The van der Waals surface area contributed by atoms with Gasteiger partial charge in [0.05, 0.1) is 0 Å². The monoisotopic (exact) mass is 206 g/mol. The van der Waals surface area contributed by atoms with Gasteiger partial charge >= 0.3 is 0 Å². The molecule has 0 aliphatic heterocycles. The van der Waals surface area contributed by atoms with E-state index >= 15 is 0 Å². The van der Waals surface area contributed by atoms with Crippen molar-refractivity contribution in [2.24, 2.45) is 5.73 Å². The summed E-state index contributed by atoms with van der Waals surface area (Å²) >= 11 is 0. The third-order valence-electron chi connectivity index (χ3n) is 3.33. The summed E-state index contributed by atoms with van der Waals surface area (Å²) in [6, 6.07) is 4.01. The van der Waals surface area contributed by atoms with Crippen molar-refractivity contribution in [2.75, 3.05) is 0 Å². The number of nitrogens with two attached hydrogens (primary N) is 1. The van der Waals surface area contributed by atoms with E-state index in [0.29, 0.717) is 6.04 Å². The first-order chi connectivity index (χ1) is 7.09. The summed E-state index contributed by atoms with van der Waals surface area (Å²) in [7, 11) is 0. The van der Waals surface area contributed by atoms with Crippen molar-refractivity contribution in [3.05, 3.63) is 33.7 Å². The second-order valence-corrected chi connectivity index (χ2v) is 4.51. The van der Waals surface area contributed by atoms with Crippen molar-refractivity contribution in [3.63, 3.8) is 0 Å². The van der Waals surface area contributed by atoms with E-state index in [2.05, 4.69) is 4.57 Å². The van der Waals surface area contributed by atoms with Gasteiger partial charge in [-0.3, -0.25) is 4.79 Å². The Morgan fingerprint density at radius 3 is 2.33 bits per heavy atom. The fourth-order valence-electron chi connectivity index (χ4n) is 2.68. The summed E-state index contributed by atoms with van der Waals surface area (Å²) in [5, 5.41) is 0. The van der Waals surface area contributed by atoms with Gasteiger partial charge < -0.3 is 10.3 Å². The standard InChI is InChI=1S/C12H18N2O/c1-8-6-10(15)7-9(2)14(8)12-5-3-4-11(12)13/h6-7,11-12H,3-5,13H2,1-2H3. The van der Waals surface area contributed by atoms with E-state index in [0.717, 1.165) is 24.2 Å². The Kier molecular flexibility index (Phi) is 2.65. The number of hydrogen-bond acceptors (Lipinski definition) is 2. The third-order valence-corrected chi connectivity index (χ3v) is 3.33. The molecule has 1 fully saturated rings. The van der Waals surface area contributed by atoms with Gasteiger partial charge in [-0.15, -0.1) is 0 Å². The summed E-state index contributed by atoms with van der Waals surface area (Å²) < 4.78 is 2.22. The van der Waals surface area contributed by atoms with E-state index in [4.69, 9.17) is 5.73 Å². The van der Waals surface area contributed by atoms with Crippen LogP contribution in [0.2, 0.25) is 0 Å². The predicted octanol–water partition coefficient (Wildman–Crippen LogP) is 1.52. The average Bonchev–Trinajstić information content (AvgIpc) is 2.50. The molecule has 1 saturated carbocycles. The molecule has 0 radical (unpaired) electrons. The van der Waals surface area contributed by atoms with Gasteiger partial charge in [-0.1, -0.05) is 0 Å². The molecule has 1 aliphatic rings. The molecular formula is C12H18N2O. The maximum atomic E-state index is 11.3. The topological polar surface area (TPSA) is 48.0 Å². The van der Waals surface area contributed by atoms with E-state index in [1.54, 1.807) is 12.1 Å². The first kappa shape index (κ1) is 10.4. The largest absolute Gasteiger partial charge is 0.344 e. The smallest absolute Gasteiger partial charge is 0.182 e. The van der Waals surface area contributed by atoms with Crippen LogP contribution in [0.25, 0.3) is 0 Å². The van der Waals surface area contributed by atoms with Gasteiger partial charge in [0.1, 0.15) is 0 Å². The number of rotatable bonds is 1. The molecular weight excluding hydrogens is 188 g/mol. The van der Waals surface area contributed by atoms with Crippen LogP contribution in [0.1, 0.15) is 36.7 Å². The van der Waals surface area contributed by atoms with E-state index in [-0.39, 0.29) is 11.5 Å². The number of pyridine rings is 1. The molecule has 82 valence electrons. The summed E-state index contributed by atoms with van der Waals surface area (Å²) in [4.78, 5) is 11.3. The Morgan fingerprint density at radius 2 is 1.87 bits per heavy atom. The Morgan fingerprint density at radius 1 is 1.27 bits per heavy atom. The van der Waals surface area contributed by atoms with Gasteiger partial charge in [0.25, 0.3) is 0 Å². The quantitative estimate of drug-likeness (QED) is 0.757. The Hall–Kier alpha value is -1.09. The molecule has 3 nitrogen and oxygen atoms in total. The van der Waals surface area contributed by atoms with Crippen LogP contribution in [0.4, 0.5) is 0 Å². The summed E-state index contributed by atoms with van der Waals surface area (Å²) in [6.45, 7) is 3.97. The summed E-state index contributed by atoms with van der Waals surface area (Å²) in [5.41, 5.74) is 8.24. The zero-order valence-corrected chi connectivity index (χ0v) is 9.36. The number of hydrogen-bond donors (Lipinski definition) is 1. The highest BCUT2D eigenvalue weighted by Gasteiger charge is 2.26. The van der Waals surface area contributed by atoms with E-state index < -0.39 is 0 Å². The van der Waals surface area contributed by atoms with Crippen LogP contribution in [-0.2, 0) is 0 Å². The Balaban J connectivity index is 2.47. The Bertz CT molecular complexity index is 396. The normalized spacial score (nSPS) is 25.8. The highest BCUT2D eigenvalue weighted by Crippen LogP contribution is 2.30. The molecule has 2 atom stereocenters. The lowest BCUT2D eigenvalue weighted by Crippen LogP contribution is -2.30. The average molecular weight is 206 g/mol. The molecule has 1 aliphatic carbocycles. The van der Waals surface area contributed by atoms with Crippen LogP contribution >= 0.6 is 0 Å². The molecule has 0 aromatic carbocycles. The third kappa shape index (κ3) is 1.84. The zero-order valence-electron chi connectivity index (χ0n) is 9.36. The molecule has 3 heteroatoms. The minimum Gasteiger partial charge on any atom is -0.344 e. The fourth-order valence-corrected chi connectivity index (χ4v) is 2.68. The number of aryl methyl sites for hydroxylation is 2. The molecule has 15 heavy (non-hydrogen) atoms. The lowest BCUT2D eigenvalue weighted by molar-refractivity contribution is 0.443. The van der Waals surface area contributed by atoms with Gasteiger partial charge in [0.15, 0.2) is 5.43 Å². The van der Waals surface area contributed by atoms with Crippen molar-refractivity contribution in [1.82, 2.24) is 4.57 Å². The van der Waals surface area contributed by atoms with Crippen LogP contribution in [-0.4, -0.2) is 10.6 Å². The van der Waals surface area contributed by atoms with Gasteiger partial charge in [-0.25, -0.2) is 0 Å². The highest BCUT2D eigenvalue weighted by molar-refractivity contribution is 5.15. The van der Waals surface area contributed by atoms with Gasteiger partial charge in [-0.05, 0) is 33.1 Å². The van der Waals surface area contributed by atoms with Crippen molar-refractivity contribution < 1.29 is 0 Å². The molecule has 1 aromatic heterocycles. The molecule has 2 rings (SSSR count). The fraction of sp³-hybridized carbons (Fsp3) is 0.583. The van der Waals surface area contributed by atoms with E-state index in [1.807, 2.05) is 13.8 Å². The van der Waals surface area contributed by atoms with Gasteiger partial charge in [0, 0.05) is 35.6 Å². The second kappa shape index (κ2) is 3.81. The van der Waals surface area contributed by atoms with E-state index in [1.165, 1.54) is 6.42 Å². The van der Waals surface area contributed by atoms with Crippen LogP contribution in [0, 0.1) is 13.8 Å². The van der Waals surface area contributed by atoms with Crippen molar-refractivity contribution >= 4 is 0 Å². The minimum absolute atomic E-state index is 0.0906. The summed E-state index contributed by atoms with van der Waals surface area (Å²) in [6.07, 6.45) is 3.41. The lowest BCUT2D eigenvalue weighted by Gasteiger charge is -2.24. The minimum atomic E-state index is 0.0906.